The number of rotatable bonds is 2. The highest BCUT2D eigenvalue weighted by atomic mass is 15.2. The summed E-state index contributed by atoms with van der Waals surface area (Å²) >= 11 is 0. The fourth-order valence-corrected chi connectivity index (χ4v) is 2.49. The summed E-state index contributed by atoms with van der Waals surface area (Å²) in [5.74, 6) is 0. The van der Waals surface area contributed by atoms with E-state index in [4.69, 9.17) is 0 Å². The smallest absolute Gasteiger partial charge is 0.0819 e. The topological polar surface area (TPSA) is 24.7 Å². The second kappa shape index (κ2) is 4.47. The van der Waals surface area contributed by atoms with E-state index in [0.717, 1.165) is 22.6 Å². The molecule has 94 valence electrons. The van der Waals surface area contributed by atoms with Gasteiger partial charge in [-0.15, -0.1) is 0 Å². The van der Waals surface area contributed by atoms with Crippen LogP contribution in [0.15, 0.2) is 70.9 Å². The summed E-state index contributed by atoms with van der Waals surface area (Å²) < 4.78 is 0. The second-order valence-corrected chi connectivity index (χ2v) is 5.25. The lowest BCUT2D eigenvalue weighted by Gasteiger charge is -2.23. The van der Waals surface area contributed by atoms with Crippen LogP contribution in [0, 0.1) is 5.41 Å². The van der Waals surface area contributed by atoms with Crippen LogP contribution in [0.2, 0.25) is 0 Å². The van der Waals surface area contributed by atoms with Crippen molar-refractivity contribution in [1.29, 1.82) is 0 Å². The number of benzene rings is 2. The first-order valence-corrected chi connectivity index (χ1v) is 6.47. The molecule has 0 saturated heterocycles. The molecule has 3 rings (SSSR count). The van der Waals surface area contributed by atoms with Crippen LogP contribution >= 0.6 is 0 Å². The molecule has 0 bridgehead atoms. The Morgan fingerprint density at radius 1 is 0.632 bits per heavy atom. The van der Waals surface area contributed by atoms with Gasteiger partial charge in [-0.25, -0.2) is 0 Å². The van der Waals surface area contributed by atoms with Crippen LogP contribution in [0.25, 0.3) is 0 Å². The van der Waals surface area contributed by atoms with E-state index in [-0.39, 0.29) is 5.41 Å². The molecule has 2 nitrogen and oxygen atoms in total. The molecule has 1 heterocycles. The van der Waals surface area contributed by atoms with Gasteiger partial charge in [0.05, 0.1) is 16.8 Å². The van der Waals surface area contributed by atoms with E-state index in [2.05, 4.69) is 48.3 Å². The zero-order valence-electron chi connectivity index (χ0n) is 11.2. The average molecular weight is 248 g/mol. The van der Waals surface area contributed by atoms with Gasteiger partial charge in [-0.3, -0.25) is 0 Å². The Hall–Kier alpha value is -2.22. The molecule has 0 saturated carbocycles. The molecule has 19 heavy (non-hydrogen) atoms. The van der Waals surface area contributed by atoms with Gasteiger partial charge in [-0.05, 0) is 25.0 Å². The quantitative estimate of drug-likeness (QED) is 0.769. The minimum absolute atomic E-state index is 0.164. The Balaban J connectivity index is 1.99. The summed E-state index contributed by atoms with van der Waals surface area (Å²) in [6.07, 6.45) is 0. The van der Waals surface area contributed by atoms with Gasteiger partial charge in [0, 0.05) is 0 Å². The lowest BCUT2D eigenvalue weighted by atomic mass is 9.77. The van der Waals surface area contributed by atoms with E-state index >= 15 is 0 Å². The second-order valence-electron chi connectivity index (χ2n) is 5.25. The zero-order valence-corrected chi connectivity index (χ0v) is 11.2. The summed E-state index contributed by atoms with van der Waals surface area (Å²) in [5.41, 5.74) is 4.19. The van der Waals surface area contributed by atoms with Crippen LogP contribution in [0.5, 0.6) is 0 Å². The van der Waals surface area contributed by atoms with E-state index in [0.29, 0.717) is 0 Å². The maximum Gasteiger partial charge on any atom is 0.0819 e. The molecule has 0 amide bonds. The van der Waals surface area contributed by atoms with Crippen LogP contribution in [-0.4, -0.2) is 11.4 Å². The van der Waals surface area contributed by atoms with Crippen LogP contribution in [0.4, 0.5) is 0 Å². The molecule has 0 radical (unpaired) electrons. The van der Waals surface area contributed by atoms with Crippen LogP contribution in [0.3, 0.4) is 0 Å². The standard InChI is InChI=1S/C17H16N2/c1-17(2)15(13-9-5-3-6-10-13)18-19-16(17)14-11-7-4-8-12-14/h3-12H,1-2H3. The van der Waals surface area contributed by atoms with Gasteiger partial charge in [0.2, 0.25) is 0 Å². The molecule has 0 N–H and O–H groups in total. The Morgan fingerprint density at radius 2 is 1.00 bits per heavy atom. The molecule has 0 fully saturated rings. The van der Waals surface area contributed by atoms with Crippen molar-refractivity contribution >= 4 is 11.4 Å². The van der Waals surface area contributed by atoms with E-state index < -0.39 is 0 Å². The van der Waals surface area contributed by atoms with Crippen molar-refractivity contribution in [1.82, 2.24) is 0 Å². The van der Waals surface area contributed by atoms with Crippen molar-refractivity contribution in [2.75, 3.05) is 0 Å². The van der Waals surface area contributed by atoms with Gasteiger partial charge in [0.15, 0.2) is 0 Å². The highest BCUT2D eigenvalue weighted by Crippen LogP contribution is 2.32. The maximum absolute atomic E-state index is 4.42. The Labute approximate surface area is 113 Å². The van der Waals surface area contributed by atoms with Crippen molar-refractivity contribution in [2.24, 2.45) is 15.6 Å². The lowest BCUT2D eigenvalue weighted by Crippen LogP contribution is -2.31. The van der Waals surface area contributed by atoms with Crippen molar-refractivity contribution in [2.45, 2.75) is 13.8 Å². The normalized spacial score (nSPS) is 16.9. The van der Waals surface area contributed by atoms with Gasteiger partial charge in [-0.2, -0.15) is 10.2 Å². The Kier molecular flexibility index (Phi) is 2.79. The largest absolute Gasteiger partial charge is 0.154 e. The van der Waals surface area contributed by atoms with Crippen LogP contribution < -0.4 is 0 Å². The molecule has 1 aliphatic rings. The lowest BCUT2D eigenvalue weighted by molar-refractivity contribution is 0.745. The third-order valence-corrected chi connectivity index (χ3v) is 3.53. The first-order chi connectivity index (χ1) is 9.19. The number of hydrogen-bond acceptors (Lipinski definition) is 2. The molecular formula is C17H16N2. The SMILES string of the molecule is CC1(C)C(c2ccccc2)=NN=C1c1ccccc1. The van der Waals surface area contributed by atoms with Crippen molar-refractivity contribution in [3.63, 3.8) is 0 Å². The predicted molar refractivity (Wildman–Crippen MR) is 79.7 cm³/mol. The Bertz CT molecular complexity index is 580. The summed E-state index contributed by atoms with van der Waals surface area (Å²) in [7, 11) is 0. The fraction of sp³-hybridized carbons (Fsp3) is 0.176. The van der Waals surface area contributed by atoms with E-state index in [9.17, 15) is 0 Å². The summed E-state index contributed by atoms with van der Waals surface area (Å²) in [6, 6.07) is 20.5. The number of nitrogens with zero attached hydrogens (tertiary/aromatic N) is 2. The first kappa shape index (κ1) is 11.8. The molecule has 0 aliphatic carbocycles. The van der Waals surface area contributed by atoms with Gasteiger partial charge in [0.1, 0.15) is 0 Å². The molecule has 2 aromatic rings. The van der Waals surface area contributed by atoms with Gasteiger partial charge in [-0.1, -0.05) is 60.7 Å². The minimum Gasteiger partial charge on any atom is -0.154 e. The van der Waals surface area contributed by atoms with Gasteiger partial charge < -0.3 is 0 Å². The predicted octanol–water partition coefficient (Wildman–Crippen LogP) is 3.92. The average Bonchev–Trinajstić information content (AvgIpc) is 2.76. The van der Waals surface area contributed by atoms with E-state index in [1.165, 1.54) is 0 Å². The molecule has 2 heteroatoms. The zero-order chi connectivity index (χ0) is 13.3. The molecular weight excluding hydrogens is 232 g/mol. The molecule has 1 aliphatic heterocycles. The Morgan fingerprint density at radius 3 is 1.37 bits per heavy atom. The highest BCUT2D eigenvalue weighted by molar-refractivity contribution is 6.25. The third kappa shape index (κ3) is 1.99. The van der Waals surface area contributed by atoms with Gasteiger partial charge >= 0.3 is 0 Å². The number of hydrogen-bond donors (Lipinski definition) is 0. The van der Waals surface area contributed by atoms with Gasteiger partial charge in [0.25, 0.3) is 0 Å². The molecule has 0 unspecified atom stereocenters. The highest BCUT2D eigenvalue weighted by Gasteiger charge is 2.36. The van der Waals surface area contributed by atoms with Crippen molar-refractivity contribution < 1.29 is 0 Å². The molecule has 0 spiro atoms. The summed E-state index contributed by atoms with van der Waals surface area (Å²) in [4.78, 5) is 0. The third-order valence-electron chi connectivity index (χ3n) is 3.53. The minimum atomic E-state index is -0.164. The van der Waals surface area contributed by atoms with Crippen molar-refractivity contribution in [3.8, 4) is 0 Å². The van der Waals surface area contributed by atoms with E-state index in [1.54, 1.807) is 0 Å². The molecule has 2 aromatic carbocycles. The first-order valence-electron chi connectivity index (χ1n) is 6.47. The van der Waals surface area contributed by atoms with E-state index in [1.807, 2.05) is 36.4 Å². The summed E-state index contributed by atoms with van der Waals surface area (Å²) in [6.45, 7) is 4.36. The van der Waals surface area contributed by atoms with Crippen molar-refractivity contribution in [3.05, 3.63) is 71.8 Å². The maximum atomic E-state index is 4.42. The molecule has 0 atom stereocenters. The summed E-state index contributed by atoms with van der Waals surface area (Å²) in [5, 5.41) is 8.84. The van der Waals surface area contributed by atoms with Crippen LogP contribution in [0.1, 0.15) is 25.0 Å². The molecule has 0 aromatic heterocycles. The monoisotopic (exact) mass is 248 g/mol. The fourth-order valence-electron chi connectivity index (χ4n) is 2.49. The van der Waals surface area contributed by atoms with Crippen LogP contribution in [-0.2, 0) is 0 Å².